The van der Waals surface area contributed by atoms with Crippen LogP contribution in [0.5, 0.6) is 0 Å². The SMILES string of the molecule is CC(C)CN(Cc1ccc(-c2cscn2)cc1)c1ccc(C(C)C)cc1. The predicted octanol–water partition coefficient (Wildman–Crippen LogP) is 6.60. The first kappa shape index (κ1) is 18.7. The first-order valence-electron chi connectivity index (χ1n) is 9.35. The van der Waals surface area contributed by atoms with Crippen LogP contribution >= 0.6 is 11.3 Å². The van der Waals surface area contributed by atoms with Gasteiger partial charge < -0.3 is 4.90 Å². The van der Waals surface area contributed by atoms with Gasteiger partial charge in [-0.2, -0.15) is 0 Å². The lowest BCUT2D eigenvalue weighted by atomic mass is 10.0. The van der Waals surface area contributed by atoms with E-state index in [1.165, 1.54) is 22.4 Å². The van der Waals surface area contributed by atoms with E-state index in [1.54, 1.807) is 11.3 Å². The van der Waals surface area contributed by atoms with Crippen molar-refractivity contribution in [3.63, 3.8) is 0 Å². The molecule has 0 N–H and O–H groups in total. The molecule has 3 heteroatoms. The summed E-state index contributed by atoms with van der Waals surface area (Å²) in [6, 6.07) is 17.9. The van der Waals surface area contributed by atoms with Gasteiger partial charge in [0.25, 0.3) is 0 Å². The minimum atomic E-state index is 0.570. The van der Waals surface area contributed by atoms with Gasteiger partial charge in [0.05, 0.1) is 11.2 Å². The Morgan fingerprint density at radius 2 is 1.62 bits per heavy atom. The molecule has 0 aliphatic heterocycles. The summed E-state index contributed by atoms with van der Waals surface area (Å²) >= 11 is 1.64. The Kier molecular flexibility index (Phi) is 6.10. The number of hydrogen-bond donors (Lipinski definition) is 0. The third-order valence-electron chi connectivity index (χ3n) is 4.57. The van der Waals surface area contributed by atoms with Crippen molar-refractivity contribution in [2.24, 2.45) is 5.92 Å². The Morgan fingerprint density at radius 1 is 0.923 bits per heavy atom. The van der Waals surface area contributed by atoms with E-state index in [2.05, 4.69) is 91.5 Å². The second-order valence-electron chi connectivity index (χ2n) is 7.59. The second-order valence-corrected chi connectivity index (χ2v) is 8.31. The van der Waals surface area contributed by atoms with E-state index in [-0.39, 0.29) is 0 Å². The van der Waals surface area contributed by atoms with Crippen LogP contribution in [0.2, 0.25) is 0 Å². The first-order chi connectivity index (χ1) is 12.5. The number of hydrogen-bond acceptors (Lipinski definition) is 3. The van der Waals surface area contributed by atoms with Crippen LogP contribution in [0.3, 0.4) is 0 Å². The zero-order valence-electron chi connectivity index (χ0n) is 16.1. The van der Waals surface area contributed by atoms with E-state index < -0.39 is 0 Å². The number of rotatable bonds is 7. The fourth-order valence-corrected chi connectivity index (χ4v) is 3.69. The zero-order chi connectivity index (χ0) is 18.5. The van der Waals surface area contributed by atoms with E-state index in [9.17, 15) is 0 Å². The van der Waals surface area contributed by atoms with E-state index in [1.807, 2.05) is 5.51 Å². The van der Waals surface area contributed by atoms with E-state index >= 15 is 0 Å². The lowest BCUT2D eigenvalue weighted by molar-refractivity contribution is 0.609. The van der Waals surface area contributed by atoms with Crippen molar-refractivity contribution >= 4 is 17.0 Å². The summed E-state index contributed by atoms with van der Waals surface area (Å²) in [6.45, 7) is 11.0. The van der Waals surface area contributed by atoms with Crippen LogP contribution in [0.4, 0.5) is 5.69 Å². The topological polar surface area (TPSA) is 16.1 Å². The van der Waals surface area contributed by atoms with Gasteiger partial charge in [-0.3, -0.25) is 0 Å². The molecule has 2 aromatic carbocycles. The van der Waals surface area contributed by atoms with Crippen LogP contribution in [0.25, 0.3) is 11.3 Å². The molecule has 1 heterocycles. The third kappa shape index (κ3) is 4.73. The number of anilines is 1. The van der Waals surface area contributed by atoms with Gasteiger partial charge in [-0.05, 0) is 35.1 Å². The molecule has 2 nitrogen and oxygen atoms in total. The maximum absolute atomic E-state index is 4.39. The molecule has 0 amide bonds. The highest BCUT2D eigenvalue weighted by atomic mass is 32.1. The molecule has 0 spiro atoms. The van der Waals surface area contributed by atoms with E-state index in [0.29, 0.717) is 11.8 Å². The van der Waals surface area contributed by atoms with Crippen molar-refractivity contribution in [3.05, 3.63) is 70.5 Å². The highest BCUT2D eigenvalue weighted by Crippen LogP contribution is 2.24. The smallest absolute Gasteiger partial charge is 0.0811 e. The summed E-state index contributed by atoms with van der Waals surface area (Å²) in [5.41, 5.74) is 8.15. The maximum atomic E-state index is 4.39. The van der Waals surface area contributed by atoms with Crippen LogP contribution in [0, 0.1) is 5.92 Å². The van der Waals surface area contributed by atoms with Crippen LogP contribution in [0.15, 0.2) is 59.4 Å². The van der Waals surface area contributed by atoms with Gasteiger partial charge in [-0.1, -0.05) is 64.1 Å². The Hall–Kier alpha value is -2.13. The molecule has 136 valence electrons. The van der Waals surface area contributed by atoms with Gasteiger partial charge in [0.2, 0.25) is 0 Å². The Bertz CT molecular complexity index is 787. The molecule has 0 atom stereocenters. The Morgan fingerprint density at radius 3 is 2.15 bits per heavy atom. The standard InChI is InChI=1S/C23H28N2S/c1-17(2)13-25(22-11-9-20(10-12-22)18(3)4)14-19-5-7-21(8-6-19)23-15-26-16-24-23/h5-12,15-18H,13-14H2,1-4H3. The monoisotopic (exact) mass is 364 g/mol. The van der Waals surface area contributed by atoms with Gasteiger partial charge in [-0.15, -0.1) is 11.3 Å². The molecule has 0 saturated carbocycles. The van der Waals surface area contributed by atoms with Crippen LogP contribution in [-0.4, -0.2) is 11.5 Å². The molecule has 1 aromatic heterocycles. The van der Waals surface area contributed by atoms with Gasteiger partial charge in [0, 0.05) is 29.7 Å². The Balaban J connectivity index is 1.77. The van der Waals surface area contributed by atoms with E-state index in [0.717, 1.165) is 18.8 Å². The lowest BCUT2D eigenvalue weighted by Gasteiger charge is -2.27. The molecule has 0 bridgehead atoms. The molecule has 0 fully saturated rings. The molecule has 0 saturated heterocycles. The maximum Gasteiger partial charge on any atom is 0.0811 e. The normalized spacial score (nSPS) is 11.3. The van der Waals surface area contributed by atoms with Crippen molar-refractivity contribution in [1.29, 1.82) is 0 Å². The molecule has 3 rings (SSSR count). The fourth-order valence-electron chi connectivity index (χ4n) is 3.13. The molecule has 0 aliphatic carbocycles. The van der Waals surface area contributed by atoms with Crippen molar-refractivity contribution in [2.75, 3.05) is 11.4 Å². The summed E-state index contributed by atoms with van der Waals surface area (Å²) in [6.07, 6.45) is 0. The molecular weight excluding hydrogens is 336 g/mol. The molecule has 0 radical (unpaired) electrons. The summed E-state index contributed by atoms with van der Waals surface area (Å²) in [5, 5.41) is 2.09. The summed E-state index contributed by atoms with van der Waals surface area (Å²) < 4.78 is 0. The minimum absolute atomic E-state index is 0.570. The van der Waals surface area contributed by atoms with Crippen molar-refractivity contribution < 1.29 is 0 Å². The van der Waals surface area contributed by atoms with Crippen LogP contribution < -0.4 is 4.90 Å². The second kappa shape index (κ2) is 8.50. The van der Waals surface area contributed by atoms with Crippen LogP contribution in [-0.2, 0) is 6.54 Å². The number of thiazole rings is 1. The highest BCUT2D eigenvalue weighted by molar-refractivity contribution is 7.07. The average Bonchev–Trinajstić information content (AvgIpc) is 3.16. The van der Waals surface area contributed by atoms with Crippen LogP contribution in [0.1, 0.15) is 44.7 Å². The fraction of sp³-hybridized carbons (Fsp3) is 0.348. The minimum Gasteiger partial charge on any atom is -0.367 e. The Labute approximate surface area is 161 Å². The number of nitrogens with zero attached hydrogens (tertiary/aromatic N) is 2. The van der Waals surface area contributed by atoms with Gasteiger partial charge in [0.1, 0.15) is 0 Å². The molecular formula is C23H28N2S. The summed E-state index contributed by atoms with van der Waals surface area (Å²) in [4.78, 5) is 6.87. The number of benzene rings is 2. The quantitative estimate of drug-likeness (QED) is 0.470. The highest BCUT2D eigenvalue weighted by Gasteiger charge is 2.11. The van der Waals surface area contributed by atoms with Crippen molar-refractivity contribution in [3.8, 4) is 11.3 Å². The van der Waals surface area contributed by atoms with Crippen molar-refractivity contribution in [1.82, 2.24) is 4.98 Å². The van der Waals surface area contributed by atoms with Gasteiger partial charge in [0.15, 0.2) is 0 Å². The summed E-state index contributed by atoms with van der Waals surface area (Å²) in [7, 11) is 0. The largest absolute Gasteiger partial charge is 0.367 e. The average molecular weight is 365 g/mol. The van der Waals surface area contributed by atoms with Crippen molar-refractivity contribution in [2.45, 2.75) is 40.2 Å². The number of aromatic nitrogens is 1. The molecule has 0 aliphatic rings. The van der Waals surface area contributed by atoms with E-state index in [4.69, 9.17) is 0 Å². The summed E-state index contributed by atoms with van der Waals surface area (Å²) in [5.74, 6) is 1.19. The molecule has 3 aromatic rings. The molecule has 0 unspecified atom stereocenters. The first-order valence-corrected chi connectivity index (χ1v) is 10.3. The predicted molar refractivity (Wildman–Crippen MR) is 114 cm³/mol. The molecule has 26 heavy (non-hydrogen) atoms. The van der Waals surface area contributed by atoms with Gasteiger partial charge in [-0.25, -0.2) is 4.98 Å². The lowest BCUT2D eigenvalue weighted by Crippen LogP contribution is -2.27. The zero-order valence-corrected chi connectivity index (χ0v) is 17.0. The third-order valence-corrected chi connectivity index (χ3v) is 5.15. The van der Waals surface area contributed by atoms with Gasteiger partial charge >= 0.3 is 0 Å².